The maximum Gasteiger partial charge on any atom is 0.226 e. The van der Waals surface area contributed by atoms with Gasteiger partial charge in [-0.2, -0.15) is 9.97 Å². The van der Waals surface area contributed by atoms with Crippen LogP contribution in [-0.4, -0.2) is 25.6 Å². The van der Waals surface area contributed by atoms with E-state index in [0.29, 0.717) is 12.5 Å². The largest absolute Gasteiger partial charge is 0.364 e. The molecule has 0 amide bonds. The second-order valence-corrected chi connectivity index (χ2v) is 7.51. The van der Waals surface area contributed by atoms with Crippen LogP contribution in [0.2, 0.25) is 0 Å². The molecule has 2 heterocycles. The van der Waals surface area contributed by atoms with Crippen LogP contribution in [0.1, 0.15) is 39.3 Å². The molecule has 0 saturated heterocycles. The third kappa shape index (κ3) is 4.10. The highest BCUT2D eigenvalue weighted by Gasteiger charge is 2.15. The zero-order valence-electron chi connectivity index (χ0n) is 14.9. The summed E-state index contributed by atoms with van der Waals surface area (Å²) in [7, 11) is 0. The van der Waals surface area contributed by atoms with E-state index in [2.05, 4.69) is 85.9 Å². The van der Waals surface area contributed by atoms with Gasteiger partial charge in [0.15, 0.2) is 17.0 Å². The summed E-state index contributed by atoms with van der Waals surface area (Å²) in [6, 6.07) is 8.76. The van der Waals surface area contributed by atoms with E-state index in [1.54, 1.807) is 0 Å². The van der Waals surface area contributed by atoms with Crippen LogP contribution in [0.25, 0.3) is 11.2 Å². The fraction of sp³-hybridized carbons (Fsp3) is 0.389. The Hall–Kier alpha value is -2.15. The number of rotatable bonds is 6. The second kappa shape index (κ2) is 7.39. The number of aromatic nitrogens is 4. The van der Waals surface area contributed by atoms with E-state index < -0.39 is 0 Å². The number of hydrogen-bond acceptors (Lipinski definition) is 5. The molecule has 3 rings (SSSR count). The van der Waals surface area contributed by atoms with E-state index in [-0.39, 0.29) is 12.1 Å². The number of fused-ring (bicyclic) bond motifs is 1. The predicted molar refractivity (Wildman–Crippen MR) is 106 cm³/mol. The summed E-state index contributed by atoms with van der Waals surface area (Å²) in [5, 5.41) is 6.70. The van der Waals surface area contributed by atoms with Crippen molar-refractivity contribution in [2.24, 2.45) is 0 Å². The first-order chi connectivity index (χ1) is 11.9. The highest BCUT2D eigenvalue weighted by Crippen LogP contribution is 2.24. The molecule has 1 aromatic carbocycles. The first-order valence-corrected chi connectivity index (χ1v) is 9.22. The van der Waals surface area contributed by atoms with Crippen LogP contribution in [0.3, 0.4) is 0 Å². The molecular weight excluding hydrogens is 380 g/mol. The molecule has 0 saturated carbocycles. The van der Waals surface area contributed by atoms with Gasteiger partial charge in [-0.25, -0.2) is 4.98 Å². The van der Waals surface area contributed by atoms with Crippen molar-refractivity contribution >= 4 is 38.9 Å². The Bertz CT molecular complexity index is 854. The number of nitrogens with one attached hydrogen (secondary N) is 2. The molecule has 0 aliphatic rings. The lowest BCUT2D eigenvalue weighted by Gasteiger charge is -2.13. The van der Waals surface area contributed by atoms with Gasteiger partial charge in [0.25, 0.3) is 0 Å². The van der Waals surface area contributed by atoms with Gasteiger partial charge in [-0.3, -0.25) is 0 Å². The number of halogens is 1. The highest BCUT2D eigenvalue weighted by atomic mass is 79.9. The number of nitrogens with zero attached hydrogens (tertiary/aromatic N) is 4. The summed E-state index contributed by atoms with van der Waals surface area (Å²) in [4.78, 5) is 13.8. The van der Waals surface area contributed by atoms with E-state index in [4.69, 9.17) is 0 Å². The highest BCUT2D eigenvalue weighted by molar-refractivity contribution is 9.10. The summed E-state index contributed by atoms with van der Waals surface area (Å²) in [5.74, 6) is 1.36. The Kier molecular flexibility index (Phi) is 5.22. The fourth-order valence-electron chi connectivity index (χ4n) is 2.53. The van der Waals surface area contributed by atoms with Gasteiger partial charge in [-0.15, -0.1) is 0 Å². The molecule has 3 aromatic rings. The zero-order valence-corrected chi connectivity index (χ0v) is 16.5. The minimum absolute atomic E-state index is 0.257. The summed E-state index contributed by atoms with van der Waals surface area (Å²) >= 11 is 3.46. The van der Waals surface area contributed by atoms with Gasteiger partial charge in [-0.05, 0) is 45.4 Å². The number of hydrogen-bond donors (Lipinski definition) is 2. The summed E-state index contributed by atoms with van der Waals surface area (Å²) in [6.45, 7) is 9.06. The van der Waals surface area contributed by atoms with Crippen molar-refractivity contribution in [1.82, 2.24) is 19.5 Å². The molecule has 25 heavy (non-hydrogen) atoms. The average Bonchev–Trinajstić information content (AvgIpc) is 2.97. The molecule has 0 radical (unpaired) electrons. The van der Waals surface area contributed by atoms with Crippen LogP contribution < -0.4 is 10.6 Å². The van der Waals surface area contributed by atoms with E-state index in [9.17, 15) is 0 Å². The first kappa shape index (κ1) is 17.7. The smallest absolute Gasteiger partial charge is 0.226 e. The average molecular weight is 403 g/mol. The number of benzene rings is 1. The van der Waals surface area contributed by atoms with Gasteiger partial charge in [0, 0.05) is 23.1 Å². The normalized spacial score (nSPS) is 11.5. The van der Waals surface area contributed by atoms with Crippen LogP contribution in [0, 0.1) is 0 Å². The summed E-state index contributed by atoms with van der Waals surface area (Å²) < 4.78 is 3.13. The monoisotopic (exact) mass is 402 g/mol. The van der Waals surface area contributed by atoms with Gasteiger partial charge in [0.1, 0.15) is 0 Å². The van der Waals surface area contributed by atoms with Gasteiger partial charge < -0.3 is 15.2 Å². The van der Waals surface area contributed by atoms with Crippen LogP contribution in [0.4, 0.5) is 11.8 Å². The standard InChI is InChI=1S/C18H23BrN6/c1-11(2)22-18-23-16(20-9-13-5-7-14(19)8-6-13)15-17(24-18)25(10-21-15)12(3)4/h5-8,10-12H,9H2,1-4H3,(H2,20,22,23,24). The molecule has 2 aromatic heterocycles. The van der Waals surface area contributed by atoms with E-state index in [1.165, 1.54) is 5.56 Å². The van der Waals surface area contributed by atoms with Gasteiger partial charge in [-0.1, -0.05) is 28.1 Å². The molecular formula is C18H23BrN6. The van der Waals surface area contributed by atoms with E-state index >= 15 is 0 Å². The molecule has 0 unspecified atom stereocenters. The van der Waals surface area contributed by atoms with Gasteiger partial charge in [0.05, 0.1) is 6.33 Å². The molecule has 0 bridgehead atoms. The Balaban J connectivity index is 1.95. The Morgan fingerprint density at radius 3 is 2.44 bits per heavy atom. The van der Waals surface area contributed by atoms with Crippen LogP contribution in [0.5, 0.6) is 0 Å². The molecule has 0 aliphatic heterocycles. The van der Waals surface area contributed by atoms with Crippen molar-refractivity contribution in [2.75, 3.05) is 10.6 Å². The van der Waals surface area contributed by atoms with Crippen LogP contribution in [-0.2, 0) is 6.54 Å². The quantitative estimate of drug-likeness (QED) is 0.630. The summed E-state index contributed by atoms with van der Waals surface area (Å²) in [6.07, 6.45) is 1.83. The van der Waals surface area contributed by atoms with Crippen molar-refractivity contribution in [3.63, 3.8) is 0 Å². The predicted octanol–water partition coefficient (Wildman–Crippen LogP) is 4.60. The lowest BCUT2D eigenvalue weighted by Crippen LogP contribution is -2.14. The third-order valence-electron chi connectivity index (χ3n) is 3.77. The Labute approximate surface area is 156 Å². The fourth-order valence-corrected chi connectivity index (χ4v) is 2.79. The molecule has 0 spiro atoms. The minimum Gasteiger partial charge on any atom is -0.364 e. The second-order valence-electron chi connectivity index (χ2n) is 6.59. The minimum atomic E-state index is 0.257. The van der Waals surface area contributed by atoms with Gasteiger partial charge >= 0.3 is 0 Å². The SMILES string of the molecule is CC(C)Nc1nc(NCc2ccc(Br)cc2)c2ncn(C(C)C)c2n1. The lowest BCUT2D eigenvalue weighted by atomic mass is 10.2. The molecule has 6 nitrogen and oxygen atoms in total. The van der Waals surface area contributed by atoms with Crippen molar-refractivity contribution in [2.45, 2.75) is 46.3 Å². The first-order valence-electron chi connectivity index (χ1n) is 8.43. The van der Waals surface area contributed by atoms with Gasteiger partial charge in [0.2, 0.25) is 5.95 Å². The van der Waals surface area contributed by atoms with Crippen molar-refractivity contribution < 1.29 is 0 Å². The topological polar surface area (TPSA) is 67.7 Å². The summed E-state index contributed by atoms with van der Waals surface area (Å²) in [5.41, 5.74) is 2.81. The molecule has 132 valence electrons. The number of anilines is 2. The molecule has 0 fully saturated rings. The zero-order chi connectivity index (χ0) is 18.0. The maximum atomic E-state index is 4.66. The maximum absolute atomic E-state index is 4.66. The van der Waals surface area contributed by atoms with E-state index in [0.717, 1.165) is 21.5 Å². The Morgan fingerprint density at radius 1 is 1.08 bits per heavy atom. The molecule has 0 atom stereocenters. The number of imidazole rings is 1. The van der Waals surface area contributed by atoms with Crippen molar-refractivity contribution in [3.05, 3.63) is 40.6 Å². The van der Waals surface area contributed by atoms with E-state index in [1.807, 2.05) is 18.5 Å². The van der Waals surface area contributed by atoms with Crippen molar-refractivity contribution in [3.8, 4) is 0 Å². The molecule has 2 N–H and O–H groups in total. The molecule has 7 heteroatoms. The lowest BCUT2D eigenvalue weighted by molar-refractivity contribution is 0.612. The van der Waals surface area contributed by atoms with Crippen LogP contribution >= 0.6 is 15.9 Å². The molecule has 0 aliphatic carbocycles. The Morgan fingerprint density at radius 2 is 1.80 bits per heavy atom. The third-order valence-corrected chi connectivity index (χ3v) is 4.30. The van der Waals surface area contributed by atoms with Crippen LogP contribution in [0.15, 0.2) is 35.1 Å². The van der Waals surface area contributed by atoms with Crippen molar-refractivity contribution in [1.29, 1.82) is 0 Å².